The standard InChI is InChI=1S/C13H15FN2O/c1-2-5-16(6-7-17)10-12-4-3-11(9-15)8-13(12)14/h2-4,8,17H,1,5-7,10H2. The Morgan fingerprint density at radius 2 is 2.29 bits per heavy atom. The monoisotopic (exact) mass is 234 g/mol. The third kappa shape index (κ3) is 3.99. The maximum atomic E-state index is 13.6. The molecule has 0 amide bonds. The van der Waals surface area contributed by atoms with Gasteiger partial charge in [-0.15, -0.1) is 6.58 Å². The molecule has 0 saturated carbocycles. The van der Waals surface area contributed by atoms with Gasteiger partial charge in [0.25, 0.3) is 0 Å². The van der Waals surface area contributed by atoms with Gasteiger partial charge in [-0.2, -0.15) is 5.26 Å². The first-order chi connectivity index (χ1) is 8.21. The van der Waals surface area contributed by atoms with E-state index < -0.39 is 5.82 Å². The number of nitriles is 1. The van der Waals surface area contributed by atoms with Crippen LogP contribution in [0.1, 0.15) is 11.1 Å². The predicted molar refractivity (Wildman–Crippen MR) is 63.7 cm³/mol. The van der Waals surface area contributed by atoms with Crippen LogP contribution in [0, 0.1) is 17.1 Å². The van der Waals surface area contributed by atoms with Crippen LogP contribution in [0.3, 0.4) is 0 Å². The molecule has 0 unspecified atom stereocenters. The van der Waals surface area contributed by atoms with E-state index in [9.17, 15) is 4.39 Å². The Kier molecular flexibility index (Phi) is 5.34. The van der Waals surface area contributed by atoms with Gasteiger partial charge in [0, 0.05) is 25.2 Å². The van der Waals surface area contributed by atoms with Crippen LogP contribution in [0.4, 0.5) is 4.39 Å². The van der Waals surface area contributed by atoms with Gasteiger partial charge in [0.15, 0.2) is 0 Å². The second-order valence-electron chi connectivity index (χ2n) is 3.67. The largest absolute Gasteiger partial charge is 0.395 e. The lowest BCUT2D eigenvalue weighted by Crippen LogP contribution is -2.27. The molecule has 0 spiro atoms. The van der Waals surface area contributed by atoms with Crippen LogP contribution in [0.25, 0.3) is 0 Å². The normalized spacial score (nSPS) is 10.2. The van der Waals surface area contributed by atoms with E-state index >= 15 is 0 Å². The molecule has 90 valence electrons. The maximum Gasteiger partial charge on any atom is 0.129 e. The fourth-order valence-electron chi connectivity index (χ4n) is 1.54. The molecule has 0 aliphatic rings. The highest BCUT2D eigenvalue weighted by Gasteiger charge is 2.08. The Hall–Kier alpha value is -1.70. The van der Waals surface area contributed by atoms with Gasteiger partial charge in [0.1, 0.15) is 5.82 Å². The Morgan fingerprint density at radius 1 is 1.53 bits per heavy atom. The van der Waals surface area contributed by atoms with Crippen molar-refractivity contribution in [2.45, 2.75) is 6.54 Å². The number of rotatable bonds is 6. The van der Waals surface area contributed by atoms with Crippen molar-refractivity contribution in [3.8, 4) is 6.07 Å². The van der Waals surface area contributed by atoms with Crippen LogP contribution in [-0.2, 0) is 6.54 Å². The van der Waals surface area contributed by atoms with Gasteiger partial charge in [-0.05, 0) is 12.1 Å². The molecule has 0 atom stereocenters. The SMILES string of the molecule is C=CCN(CCO)Cc1ccc(C#N)cc1F. The molecule has 4 heteroatoms. The Morgan fingerprint density at radius 3 is 2.82 bits per heavy atom. The highest BCUT2D eigenvalue weighted by molar-refractivity contribution is 5.32. The van der Waals surface area contributed by atoms with E-state index in [0.29, 0.717) is 30.8 Å². The fraction of sp³-hybridized carbons (Fsp3) is 0.308. The summed E-state index contributed by atoms with van der Waals surface area (Å²) in [6, 6.07) is 6.30. The molecule has 0 saturated heterocycles. The fourth-order valence-corrected chi connectivity index (χ4v) is 1.54. The van der Waals surface area contributed by atoms with Gasteiger partial charge in [0.2, 0.25) is 0 Å². The molecule has 1 aromatic carbocycles. The molecular formula is C13H15FN2O. The summed E-state index contributed by atoms with van der Waals surface area (Å²) in [6.07, 6.45) is 1.71. The van der Waals surface area contributed by atoms with E-state index in [-0.39, 0.29) is 6.61 Å². The van der Waals surface area contributed by atoms with Crippen molar-refractivity contribution in [3.05, 3.63) is 47.8 Å². The zero-order chi connectivity index (χ0) is 12.7. The van der Waals surface area contributed by atoms with E-state index in [1.165, 1.54) is 6.07 Å². The average molecular weight is 234 g/mol. The summed E-state index contributed by atoms with van der Waals surface area (Å²) in [6.45, 7) is 5.07. The third-order valence-corrected chi connectivity index (χ3v) is 2.38. The number of hydrogen-bond donors (Lipinski definition) is 1. The van der Waals surface area contributed by atoms with Crippen molar-refractivity contribution < 1.29 is 9.50 Å². The molecule has 0 aromatic heterocycles. The summed E-state index contributed by atoms with van der Waals surface area (Å²) < 4.78 is 13.6. The maximum absolute atomic E-state index is 13.6. The molecule has 0 fully saturated rings. The summed E-state index contributed by atoms with van der Waals surface area (Å²) in [4.78, 5) is 1.87. The van der Waals surface area contributed by atoms with Crippen LogP contribution >= 0.6 is 0 Å². The lowest BCUT2D eigenvalue weighted by molar-refractivity contribution is 0.202. The molecule has 0 aliphatic heterocycles. The Balaban J connectivity index is 2.78. The summed E-state index contributed by atoms with van der Waals surface area (Å²) in [7, 11) is 0. The minimum absolute atomic E-state index is 0.0196. The molecule has 0 bridgehead atoms. The van der Waals surface area contributed by atoms with Crippen molar-refractivity contribution in [2.24, 2.45) is 0 Å². The van der Waals surface area contributed by atoms with E-state index in [1.54, 1.807) is 18.2 Å². The lowest BCUT2D eigenvalue weighted by atomic mass is 10.1. The molecule has 1 aromatic rings. The Labute approximate surface area is 100 Å². The smallest absolute Gasteiger partial charge is 0.129 e. The molecule has 3 nitrogen and oxygen atoms in total. The minimum Gasteiger partial charge on any atom is -0.395 e. The summed E-state index contributed by atoms with van der Waals surface area (Å²) in [5.74, 6) is -0.393. The second kappa shape index (κ2) is 6.79. The zero-order valence-corrected chi connectivity index (χ0v) is 9.56. The molecule has 17 heavy (non-hydrogen) atoms. The van der Waals surface area contributed by atoms with E-state index in [4.69, 9.17) is 10.4 Å². The highest BCUT2D eigenvalue weighted by atomic mass is 19.1. The predicted octanol–water partition coefficient (Wildman–Crippen LogP) is 1.68. The first-order valence-corrected chi connectivity index (χ1v) is 5.34. The Bertz CT molecular complexity index is 426. The molecule has 0 radical (unpaired) electrons. The number of halogens is 1. The zero-order valence-electron chi connectivity index (χ0n) is 9.56. The summed E-state index contributed by atoms with van der Waals surface area (Å²) in [5, 5.41) is 17.5. The van der Waals surface area contributed by atoms with Gasteiger partial charge in [-0.25, -0.2) is 4.39 Å². The molecular weight excluding hydrogens is 219 g/mol. The quantitative estimate of drug-likeness (QED) is 0.762. The number of nitrogens with zero attached hydrogens (tertiary/aromatic N) is 2. The van der Waals surface area contributed by atoms with Gasteiger partial charge >= 0.3 is 0 Å². The summed E-state index contributed by atoms with van der Waals surface area (Å²) >= 11 is 0. The lowest BCUT2D eigenvalue weighted by Gasteiger charge is -2.19. The molecule has 0 heterocycles. The average Bonchev–Trinajstić information content (AvgIpc) is 2.32. The number of hydrogen-bond acceptors (Lipinski definition) is 3. The van der Waals surface area contributed by atoms with Crippen LogP contribution in [-0.4, -0.2) is 29.7 Å². The van der Waals surface area contributed by atoms with Crippen LogP contribution in [0.5, 0.6) is 0 Å². The van der Waals surface area contributed by atoms with E-state index in [2.05, 4.69) is 6.58 Å². The van der Waals surface area contributed by atoms with Crippen LogP contribution in [0.15, 0.2) is 30.9 Å². The molecule has 1 N–H and O–H groups in total. The molecule has 0 aliphatic carbocycles. The topological polar surface area (TPSA) is 47.3 Å². The van der Waals surface area contributed by atoms with Gasteiger partial charge in [-0.1, -0.05) is 12.1 Å². The minimum atomic E-state index is -0.393. The van der Waals surface area contributed by atoms with E-state index in [1.807, 2.05) is 11.0 Å². The summed E-state index contributed by atoms with van der Waals surface area (Å²) in [5.41, 5.74) is 0.822. The first kappa shape index (κ1) is 13.4. The van der Waals surface area contributed by atoms with Crippen LogP contribution in [0.2, 0.25) is 0 Å². The highest BCUT2D eigenvalue weighted by Crippen LogP contribution is 2.12. The second-order valence-corrected chi connectivity index (χ2v) is 3.67. The number of benzene rings is 1. The van der Waals surface area contributed by atoms with Crippen LogP contribution < -0.4 is 0 Å². The van der Waals surface area contributed by atoms with Crippen molar-refractivity contribution in [3.63, 3.8) is 0 Å². The molecule has 1 rings (SSSR count). The first-order valence-electron chi connectivity index (χ1n) is 5.34. The van der Waals surface area contributed by atoms with Gasteiger partial charge in [0.05, 0.1) is 18.2 Å². The van der Waals surface area contributed by atoms with Gasteiger partial charge < -0.3 is 5.11 Å². The van der Waals surface area contributed by atoms with Crippen molar-refractivity contribution >= 4 is 0 Å². The van der Waals surface area contributed by atoms with Crippen molar-refractivity contribution in [1.82, 2.24) is 4.90 Å². The number of aliphatic hydroxyl groups is 1. The van der Waals surface area contributed by atoms with E-state index in [0.717, 1.165) is 0 Å². The number of aliphatic hydroxyl groups excluding tert-OH is 1. The van der Waals surface area contributed by atoms with Crippen molar-refractivity contribution in [2.75, 3.05) is 19.7 Å². The third-order valence-electron chi connectivity index (χ3n) is 2.38. The van der Waals surface area contributed by atoms with Crippen molar-refractivity contribution in [1.29, 1.82) is 5.26 Å². The van der Waals surface area contributed by atoms with Gasteiger partial charge in [-0.3, -0.25) is 4.90 Å².